The van der Waals surface area contributed by atoms with Gasteiger partial charge in [-0.15, -0.1) is 0 Å². The number of nitrogens with one attached hydrogen (secondary N) is 1. The van der Waals surface area contributed by atoms with E-state index in [0.717, 1.165) is 63.6 Å². The van der Waals surface area contributed by atoms with E-state index in [0.29, 0.717) is 5.92 Å². The Balaban J connectivity index is 1.75. The Bertz CT molecular complexity index is 514. The molecule has 1 aromatic carbocycles. The van der Waals surface area contributed by atoms with E-state index in [4.69, 9.17) is 4.74 Å². The first kappa shape index (κ1) is 15.3. The van der Waals surface area contributed by atoms with Gasteiger partial charge in [-0.2, -0.15) is 0 Å². The molecule has 2 aliphatic rings. The van der Waals surface area contributed by atoms with E-state index in [2.05, 4.69) is 16.3 Å². The van der Waals surface area contributed by atoms with Gasteiger partial charge in [0.05, 0.1) is 18.8 Å². The number of rotatable bonds is 4. The Kier molecular flexibility index (Phi) is 4.95. The second-order valence-electron chi connectivity index (χ2n) is 6.08. The van der Waals surface area contributed by atoms with Crippen LogP contribution in [0.3, 0.4) is 0 Å². The molecular weight excluding hydrogens is 278 g/mol. The summed E-state index contributed by atoms with van der Waals surface area (Å²) in [5.41, 5.74) is 1.88. The summed E-state index contributed by atoms with van der Waals surface area (Å²) in [6.07, 6.45) is 1.09. The molecule has 0 aromatic heterocycles. The highest BCUT2D eigenvalue weighted by Crippen LogP contribution is 2.25. The Morgan fingerprint density at radius 3 is 2.82 bits per heavy atom. The SMILES string of the molecule is CNC[C@@H]1CCN(C(=O)c2ccccc2N2CCOCC2)C1. The Labute approximate surface area is 132 Å². The topological polar surface area (TPSA) is 44.8 Å². The second kappa shape index (κ2) is 7.11. The lowest BCUT2D eigenvalue weighted by molar-refractivity contribution is 0.0786. The van der Waals surface area contributed by atoms with Crippen LogP contribution in [0.25, 0.3) is 0 Å². The fraction of sp³-hybridized carbons (Fsp3) is 0.588. The van der Waals surface area contributed by atoms with E-state index in [1.807, 2.05) is 30.1 Å². The minimum absolute atomic E-state index is 0.167. The largest absolute Gasteiger partial charge is 0.378 e. The molecule has 2 fully saturated rings. The minimum atomic E-state index is 0.167. The number of morpholine rings is 1. The van der Waals surface area contributed by atoms with Crippen molar-refractivity contribution in [3.8, 4) is 0 Å². The van der Waals surface area contributed by atoms with Crippen molar-refractivity contribution < 1.29 is 9.53 Å². The van der Waals surface area contributed by atoms with Crippen LogP contribution in [0, 0.1) is 5.92 Å². The average molecular weight is 303 g/mol. The van der Waals surface area contributed by atoms with Crippen molar-refractivity contribution in [3.63, 3.8) is 0 Å². The zero-order valence-corrected chi connectivity index (χ0v) is 13.3. The molecule has 0 spiro atoms. The van der Waals surface area contributed by atoms with Crippen molar-refractivity contribution in [2.75, 3.05) is 57.9 Å². The highest BCUT2D eigenvalue weighted by Gasteiger charge is 2.28. The van der Waals surface area contributed by atoms with Gasteiger partial charge < -0.3 is 19.9 Å². The predicted molar refractivity (Wildman–Crippen MR) is 87.4 cm³/mol. The standard InChI is InChI=1S/C17H25N3O2/c1-18-12-14-6-7-20(13-14)17(21)15-4-2-3-5-16(15)19-8-10-22-11-9-19/h2-5,14,18H,6-13H2,1H3/t14-/m0/s1. The second-order valence-corrected chi connectivity index (χ2v) is 6.08. The number of anilines is 1. The molecule has 120 valence electrons. The molecule has 0 bridgehead atoms. The maximum Gasteiger partial charge on any atom is 0.255 e. The van der Waals surface area contributed by atoms with Gasteiger partial charge in [0.25, 0.3) is 5.91 Å². The normalized spacial score (nSPS) is 22.1. The van der Waals surface area contributed by atoms with Crippen molar-refractivity contribution in [1.82, 2.24) is 10.2 Å². The van der Waals surface area contributed by atoms with Gasteiger partial charge in [-0.25, -0.2) is 0 Å². The fourth-order valence-electron chi connectivity index (χ4n) is 3.38. The lowest BCUT2D eigenvalue weighted by Gasteiger charge is -2.31. The van der Waals surface area contributed by atoms with Crippen LogP contribution >= 0.6 is 0 Å². The molecule has 1 aromatic rings. The van der Waals surface area contributed by atoms with E-state index in [1.165, 1.54) is 0 Å². The first-order valence-corrected chi connectivity index (χ1v) is 8.15. The molecule has 3 rings (SSSR count). The van der Waals surface area contributed by atoms with Crippen molar-refractivity contribution >= 4 is 11.6 Å². The number of carbonyl (C=O) groups is 1. The van der Waals surface area contributed by atoms with Crippen LogP contribution in [-0.2, 0) is 4.74 Å². The summed E-state index contributed by atoms with van der Waals surface area (Å²) in [4.78, 5) is 17.2. The van der Waals surface area contributed by atoms with Crippen LogP contribution in [0.5, 0.6) is 0 Å². The first-order chi connectivity index (χ1) is 10.8. The van der Waals surface area contributed by atoms with E-state index < -0.39 is 0 Å². The van der Waals surface area contributed by atoms with Crippen molar-refractivity contribution in [2.45, 2.75) is 6.42 Å². The number of carbonyl (C=O) groups excluding carboxylic acids is 1. The van der Waals surface area contributed by atoms with Crippen LogP contribution in [0.15, 0.2) is 24.3 Å². The number of para-hydroxylation sites is 1. The molecular formula is C17H25N3O2. The smallest absolute Gasteiger partial charge is 0.255 e. The quantitative estimate of drug-likeness (QED) is 0.908. The van der Waals surface area contributed by atoms with E-state index in [1.54, 1.807) is 0 Å². The average Bonchev–Trinajstić information content (AvgIpc) is 3.04. The molecule has 2 heterocycles. The lowest BCUT2D eigenvalue weighted by Crippen LogP contribution is -2.38. The zero-order valence-electron chi connectivity index (χ0n) is 13.3. The summed E-state index contributed by atoms with van der Waals surface area (Å²) < 4.78 is 5.42. The fourth-order valence-corrected chi connectivity index (χ4v) is 3.38. The van der Waals surface area contributed by atoms with Crippen molar-refractivity contribution in [1.29, 1.82) is 0 Å². The lowest BCUT2D eigenvalue weighted by atomic mass is 10.1. The van der Waals surface area contributed by atoms with Gasteiger partial charge in [0, 0.05) is 31.9 Å². The van der Waals surface area contributed by atoms with Crippen LogP contribution in [0.2, 0.25) is 0 Å². The van der Waals surface area contributed by atoms with Gasteiger partial charge in [0.15, 0.2) is 0 Å². The molecule has 1 amide bonds. The van der Waals surface area contributed by atoms with Gasteiger partial charge in [-0.05, 0) is 38.1 Å². The summed E-state index contributed by atoms with van der Waals surface area (Å²) >= 11 is 0. The number of ether oxygens (including phenoxy) is 1. The molecule has 1 atom stereocenters. The summed E-state index contributed by atoms with van der Waals surface area (Å²) in [6, 6.07) is 7.98. The van der Waals surface area contributed by atoms with E-state index in [-0.39, 0.29) is 5.91 Å². The minimum Gasteiger partial charge on any atom is -0.378 e. The molecule has 0 unspecified atom stereocenters. The molecule has 0 aliphatic carbocycles. The molecule has 5 heteroatoms. The molecule has 0 saturated carbocycles. The highest BCUT2D eigenvalue weighted by atomic mass is 16.5. The number of benzene rings is 1. The van der Waals surface area contributed by atoms with Crippen LogP contribution in [0.4, 0.5) is 5.69 Å². The summed E-state index contributed by atoms with van der Waals surface area (Å²) in [5, 5.41) is 3.21. The summed E-state index contributed by atoms with van der Waals surface area (Å²) in [5.74, 6) is 0.741. The Hall–Kier alpha value is -1.59. The summed E-state index contributed by atoms with van der Waals surface area (Å²) in [7, 11) is 1.97. The molecule has 2 aliphatic heterocycles. The maximum atomic E-state index is 12.9. The molecule has 5 nitrogen and oxygen atoms in total. The third-order valence-electron chi connectivity index (χ3n) is 4.55. The number of likely N-dealkylation sites (tertiary alicyclic amines) is 1. The Morgan fingerprint density at radius 2 is 2.05 bits per heavy atom. The van der Waals surface area contributed by atoms with Crippen LogP contribution in [-0.4, -0.2) is 63.8 Å². The molecule has 0 radical (unpaired) electrons. The molecule has 1 N–H and O–H groups in total. The third-order valence-corrected chi connectivity index (χ3v) is 4.55. The summed E-state index contributed by atoms with van der Waals surface area (Å²) in [6.45, 7) is 5.88. The van der Waals surface area contributed by atoms with Gasteiger partial charge in [0.2, 0.25) is 0 Å². The predicted octanol–water partition coefficient (Wildman–Crippen LogP) is 1.20. The van der Waals surface area contributed by atoms with E-state index >= 15 is 0 Å². The van der Waals surface area contributed by atoms with Gasteiger partial charge in [0.1, 0.15) is 0 Å². The van der Waals surface area contributed by atoms with E-state index in [9.17, 15) is 4.79 Å². The van der Waals surface area contributed by atoms with Crippen molar-refractivity contribution in [2.24, 2.45) is 5.92 Å². The number of nitrogens with zero attached hydrogens (tertiary/aromatic N) is 2. The maximum absolute atomic E-state index is 12.9. The van der Waals surface area contributed by atoms with Crippen LogP contribution in [0.1, 0.15) is 16.8 Å². The molecule has 22 heavy (non-hydrogen) atoms. The number of hydrogen-bond acceptors (Lipinski definition) is 4. The zero-order chi connectivity index (χ0) is 15.4. The molecule has 2 saturated heterocycles. The number of hydrogen-bond donors (Lipinski definition) is 1. The number of amides is 1. The van der Waals surface area contributed by atoms with Crippen LogP contribution < -0.4 is 10.2 Å². The highest BCUT2D eigenvalue weighted by molar-refractivity contribution is 6.00. The monoisotopic (exact) mass is 303 g/mol. The first-order valence-electron chi connectivity index (χ1n) is 8.15. The van der Waals surface area contributed by atoms with Gasteiger partial charge >= 0.3 is 0 Å². The van der Waals surface area contributed by atoms with Crippen molar-refractivity contribution in [3.05, 3.63) is 29.8 Å². The third kappa shape index (κ3) is 3.25. The Morgan fingerprint density at radius 1 is 1.27 bits per heavy atom. The van der Waals surface area contributed by atoms with Gasteiger partial charge in [-0.1, -0.05) is 12.1 Å². The van der Waals surface area contributed by atoms with Gasteiger partial charge in [-0.3, -0.25) is 4.79 Å².